The van der Waals surface area contributed by atoms with Crippen LogP contribution in [0.15, 0.2) is 18.5 Å². The van der Waals surface area contributed by atoms with Crippen molar-refractivity contribution < 1.29 is 9.53 Å². The van der Waals surface area contributed by atoms with Crippen molar-refractivity contribution in [1.29, 1.82) is 0 Å². The average Bonchev–Trinajstić information content (AvgIpc) is 3.77. The Bertz CT molecular complexity index is 1440. The van der Waals surface area contributed by atoms with Crippen LogP contribution in [-0.2, 0) is 18.3 Å². The molecule has 6 rings (SSSR count). The SMILES string of the molecule is CCn1c(C(=O)N(C2CC2)C2CC2)cc2c3c(ncn3C)c(N(CCOC(C)C)c3cc(C)[nH]n3)nc21. The van der Waals surface area contributed by atoms with Crippen LogP contribution in [0.3, 0.4) is 0 Å². The summed E-state index contributed by atoms with van der Waals surface area (Å²) in [6.45, 7) is 9.87. The number of aryl methyl sites for hydroxylation is 3. The molecule has 2 saturated carbocycles. The minimum Gasteiger partial charge on any atom is -0.377 e. The number of rotatable bonds is 10. The molecular weight excluding hydrogens is 468 g/mol. The number of H-pyrrole nitrogens is 1. The number of amides is 1. The number of carbonyl (C=O) groups is 1. The molecule has 10 heteroatoms. The van der Waals surface area contributed by atoms with E-state index in [4.69, 9.17) is 14.7 Å². The Morgan fingerprint density at radius 2 is 1.95 bits per heavy atom. The zero-order valence-corrected chi connectivity index (χ0v) is 22.4. The lowest BCUT2D eigenvalue weighted by atomic mass is 10.2. The number of imidazole rings is 1. The highest BCUT2D eigenvalue weighted by Crippen LogP contribution is 2.40. The minimum atomic E-state index is 0.125. The number of fused-ring (bicyclic) bond motifs is 3. The summed E-state index contributed by atoms with van der Waals surface area (Å²) in [5.74, 6) is 1.62. The van der Waals surface area contributed by atoms with Crippen molar-refractivity contribution in [2.45, 2.75) is 78.1 Å². The molecule has 0 bridgehead atoms. The molecule has 4 aromatic rings. The summed E-state index contributed by atoms with van der Waals surface area (Å²) >= 11 is 0. The van der Waals surface area contributed by atoms with E-state index >= 15 is 0 Å². The maximum absolute atomic E-state index is 13.9. The second kappa shape index (κ2) is 9.16. The quantitative estimate of drug-likeness (QED) is 0.346. The molecule has 37 heavy (non-hydrogen) atoms. The number of ether oxygens (including phenoxy) is 1. The van der Waals surface area contributed by atoms with E-state index in [1.54, 1.807) is 0 Å². The number of carbonyl (C=O) groups excluding carboxylic acids is 1. The molecule has 0 aliphatic heterocycles. The van der Waals surface area contributed by atoms with Gasteiger partial charge in [-0.2, -0.15) is 5.10 Å². The Hall–Kier alpha value is -3.40. The monoisotopic (exact) mass is 504 g/mol. The molecule has 196 valence electrons. The maximum Gasteiger partial charge on any atom is 0.271 e. The molecule has 0 aromatic carbocycles. The zero-order chi connectivity index (χ0) is 25.8. The van der Waals surface area contributed by atoms with Gasteiger partial charge in [0, 0.05) is 49.4 Å². The van der Waals surface area contributed by atoms with Gasteiger partial charge < -0.3 is 23.7 Å². The number of pyridine rings is 1. The second-order valence-electron chi connectivity index (χ2n) is 10.7. The van der Waals surface area contributed by atoms with E-state index in [0.29, 0.717) is 37.5 Å². The number of nitrogens with zero attached hydrogens (tertiary/aromatic N) is 7. The van der Waals surface area contributed by atoms with Crippen LogP contribution >= 0.6 is 0 Å². The van der Waals surface area contributed by atoms with Gasteiger partial charge in [-0.1, -0.05) is 0 Å². The van der Waals surface area contributed by atoms with Crippen LogP contribution in [0.4, 0.5) is 11.6 Å². The molecule has 1 amide bonds. The number of hydrogen-bond acceptors (Lipinski definition) is 6. The largest absolute Gasteiger partial charge is 0.377 e. The molecule has 2 aliphatic carbocycles. The van der Waals surface area contributed by atoms with Crippen molar-refractivity contribution in [1.82, 2.24) is 34.2 Å². The summed E-state index contributed by atoms with van der Waals surface area (Å²) < 4.78 is 10.00. The molecule has 0 spiro atoms. The molecular formula is C27H36N8O2. The fourth-order valence-corrected chi connectivity index (χ4v) is 5.30. The molecule has 2 aliphatic rings. The third kappa shape index (κ3) is 4.27. The lowest BCUT2D eigenvalue weighted by Gasteiger charge is -2.23. The first kappa shape index (κ1) is 24.0. The number of hydrogen-bond donors (Lipinski definition) is 1. The van der Waals surface area contributed by atoms with Crippen LogP contribution in [0.1, 0.15) is 62.6 Å². The molecule has 0 atom stereocenters. The van der Waals surface area contributed by atoms with Crippen LogP contribution in [0, 0.1) is 6.92 Å². The van der Waals surface area contributed by atoms with Gasteiger partial charge in [-0.05, 0) is 59.4 Å². The fraction of sp³-hybridized carbons (Fsp3) is 0.556. The lowest BCUT2D eigenvalue weighted by molar-refractivity contribution is 0.0719. The smallest absolute Gasteiger partial charge is 0.271 e. The van der Waals surface area contributed by atoms with Gasteiger partial charge in [0.25, 0.3) is 5.91 Å². The highest BCUT2D eigenvalue weighted by molar-refractivity contribution is 6.10. The van der Waals surface area contributed by atoms with Gasteiger partial charge in [-0.15, -0.1) is 0 Å². The summed E-state index contributed by atoms with van der Waals surface area (Å²) in [7, 11) is 1.99. The Balaban J connectivity index is 1.51. The van der Waals surface area contributed by atoms with Crippen molar-refractivity contribution in [3.8, 4) is 0 Å². The van der Waals surface area contributed by atoms with Gasteiger partial charge in [-0.25, -0.2) is 9.97 Å². The summed E-state index contributed by atoms with van der Waals surface area (Å²) in [5, 5.41) is 8.54. The summed E-state index contributed by atoms with van der Waals surface area (Å²) in [6, 6.07) is 4.82. The van der Waals surface area contributed by atoms with E-state index in [1.807, 2.05) is 50.8 Å². The standard InChI is InChI=1S/C27H36N8O2/c1-6-33-21(27(36)35(18-7-8-18)19-9-10-19)14-20-24-23(28-15-32(24)5)26(29-25(20)33)34(11-12-37-16(2)3)22-13-17(4)30-31-22/h13-16,18-19H,6-12H2,1-5H3,(H,30,31). The molecule has 10 nitrogen and oxygen atoms in total. The third-order valence-electron chi connectivity index (χ3n) is 7.33. The Morgan fingerprint density at radius 3 is 2.54 bits per heavy atom. The number of aromatic nitrogens is 6. The maximum atomic E-state index is 13.9. The zero-order valence-electron chi connectivity index (χ0n) is 22.4. The second-order valence-corrected chi connectivity index (χ2v) is 10.7. The molecule has 0 unspecified atom stereocenters. The number of anilines is 2. The average molecular weight is 505 g/mol. The van der Waals surface area contributed by atoms with Crippen molar-refractivity contribution in [2.75, 3.05) is 18.1 Å². The minimum absolute atomic E-state index is 0.125. The first-order chi connectivity index (χ1) is 17.9. The van der Waals surface area contributed by atoms with Crippen LogP contribution in [0.5, 0.6) is 0 Å². The predicted octanol–water partition coefficient (Wildman–Crippen LogP) is 4.30. The van der Waals surface area contributed by atoms with E-state index in [2.05, 4.69) is 31.5 Å². The van der Waals surface area contributed by atoms with E-state index in [9.17, 15) is 4.79 Å². The highest BCUT2D eigenvalue weighted by Gasteiger charge is 2.43. The molecule has 4 aromatic heterocycles. The van der Waals surface area contributed by atoms with Crippen molar-refractivity contribution in [3.63, 3.8) is 0 Å². The number of nitrogens with one attached hydrogen (secondary N) is 1. The van der Waals surface area contributed by atoms with Gasteiger partial charge >= 0.3 is 0 Å². The van der Waals surface area contributed by atoms with E-state index in [1.165, 1.54) is 0 Å². The Kier molecular flexibility index (Phi) is 5.94. The molecule has 4 heterocycles. The summed E-state index contributed by atoms with van der Waals surface area (Å²) in [4.78, 5) is 28.0. The van der Waals surface area contributed by atoms with Crippen LogP contribution in [0.25, 0.3) is 22.1 Å². The van der Waals surface area contributed by atoms with Gasteiger partial charge in [-0.3, -0.25) is 9.89 Å². The molecule has 1 N–H and O–H groups in total. The van der Waals surface area contributed by atoms with Crippen molar-refractivity contribution >= 4 is 39.6 Å². The third-order valence-corrected chi connectivity index (χ3v) is 7.33. The lowest BCUT2D eigenvalue weighted by Crippen LogP contribution is -2.36. The Morgan fingerprint density at radius 1 is 1.22 bits per heavy atom. The highest BCUT2D eigenvalue weighted by atomic mass is 16.5. The first-order valence-electron chi connectivity index (χ1n) is 13.5. The molecule has 2 fully saturated rings. The normalized spacial score (nSPS) is 15.8. The van der Waals surface area contributed by atoms with Gasteiger partial charge in [0.2, 0.25) is 0 Å². The van der Waals surface area contributed by atoms with Crippen molar-refractivity contribution in [2.24, 2.45) is 7.05 Å². The molecule has 0 radical (unpaired) electrons. The van der Waals surface area contributed by atoms with Gasteiger partial charge in [0.05, 0.1) is 24.6 Å². The molecule has 0 saturated heterocycles. The van der Waals surface area contributed by atoms with Crippen LogP contribution in [0.2, 0.25) is 0 Å². The van der Waals surface area contributed by atoms with E-state index < -0.39 is 0 Å². The van der Waals surface area contributed by atoms with Crippen LogP contribution in [-0.4, -0.2) is 71.4 Å². The predicted molar refractivity (Wildman–Crippen MR) is 143 cm³/mol. The number of aromatic amines is 1. The van der Waals surface area contributed by atoms with Crippen molar-refractivity contribution in [3.05, 3.63) is 29.8 Å². The van der Waals surface area contributed by atoms with E-state index in [-0.39, 0.29) is 12.0 Å². The topological polar surface area (TPSA) is 97.1 Å². The van der Waals surface area contributed by atoms with Crippen LogP contribution < -0.4 is 4.90 Å². The Labute approximate surface area is 216 Å². The van der Waals surface area contributed by atoms with Gasteiger partial charge in [0.15, 0.2) is 11.6 Å². The first-order valence-corrected chi connectivity index (χ1v) is 13.5. The van der Waals surface area contributed by atoms with E-state index in [0.717, 1.165) is 65.1 Å². The summed E-state index contributed by atoms with van der Waals surface area (Å²) in [5.41, 5.74) is 4.23. The summed E-state index contributed by atoms with van der Waals surface area (Å²) in [6.07, 6.45) is 6.39. The fourth-order valence-electron chi connectivity index (χ4n) is 5.30. The van der Waals surface area contributed by atoms with Gasteiger partial charge in [0.1, 0.15) is 16.9 Å².